The number of hydrogen-bond acceptors (Lipinski definition) is 5. The Balaban J connectivity index is 0.000000791. The van der Waals surface area contributed by atoms with Crippen LogP contribution in [0.15, 0.2) is 0 Å². The van der Waals surface area contributed by atoms with Crippen molar-refractivity contribution in [1.82, 2.24) is 0 Å². The average molecular weight is 202 g/mol. The fraction of sp³-hybridized carbons (Fsp3) is 0.667. The van der Waals surface area contributed by atoms with E-state index in [2.05, 4.69) is 9.47 Å². The van der Waals surface area contributed by atoms with Crippen molar-refractivity contribution in [3.8, 4) is 0 Å². The predicted octanol–water partition coefficient (Wildman–Crippen LogP) is 0.664. The first-order valence-corrected chi connectivity index (χ1v) is 4.45. The second kappa shape index (κ2) is 5.36. The molecule has 0 bridgehead atoms. The highest BCUT2D eigenvalue weighted by Crippen LogP contribution is 2.19. The first-order chi connectivity index (χ1) is 6.52. The number of hydrogen-bond donors (Lipinski definition) is 0. The summed E-state index contributed by atoms with van der Waals surface area (Å²) >= 11 is 0. The lowest BCUT2D eigenvalue weighted by molar-refractivity contribution is -0.161. The molecule has 1 heterocycles. The van der Waals surface area contributed by atoms with E-state index in [0.29, 0.717) is 0 Å². The summed E-state index contributed by atoms with van der Waals surface area (Å²) in [6.45, 7) is 6.64. The van der Waals surface area contributed by atoms with Gasteiger partial charge in [-0.05, 0) is 6.92 Å². The molecule has 0 N–H and O–H groups in total. The molecule has 0 aromatic carbocycles. The number of esters is 3. The van der Waals surface area contributed by atoms with Crippen LogP contribution in [0, 0.1) is 5.92 Å². The van der Waals surface area contributed by atoms with Crippen molar-refractivity contribution in [2.24, 2.45) is 5.92 Å². The van der Waals surface area contributed by atoms with Crippen molar-refractivity contribution in [3.05, 3.63) is 0 Å². The molecule has 2 atom stereocenters. The summed E-state index contributed by atoms with van der Waals surface area (Å²) in [5, 5.41) is 0. The van der Waals surface area contributed by atoms with Crippen LogP contribution in [-0.4, -0.2) is 24.0 Å². The Morgan fingerprint density at radius 3 is 2.07 bits per heavy atom. The second-order valence-electron chi connectivity index (χ2n) is 2.56. The maximum atomic E-state index is 10.8. The van der Waals surface area contributed by atoms with Gasteiger partial charge in [0.05, 0.1) is 0 Å². The molecular formula is C9H14O5. The molecule has 0 amide bonds. The third kappa shape index (κ3) is 2.83. The zero-order valence-corrected chi connectivity index (χ0v) is 8.70. The van der Waals surface area contributed by atoms with Crippen molar-refractivity contribution in [1.29, 1.82) is 0 Å². The van der Waals surface area contributed by atoms with Crippen molar-refractivity contribution < 1.29 is 23.9 Å². The van der Waals surface area contributed by atoms with E-state index in [0.717, 1.165) is 0 Å². The van der Waals surface area contributed by atoms with Crippen LogP contribution in [-0.2, 0) is 23.9 Å². The number of ether oxygens (including phenoxy) is 2. The molecule has 0 unspecified atom stereocenters. The standard InChI is InChI=1S/C7H8O5.C2H6/c1-3-5(11-4(2)8)7(10)12-6(3)9;1-2/h3,5H,1-2H3;1-2H3/t3-,5-;/m1./s1. The highest BCUT2D eigenvalue weighted by atomic mass is 16.6. The van der Waals surface area contributed by atoms with Crippen LogP contribution in [0.1, 0.15) is 27.7 Å². The van der Waals surface area contributed by atoms with Crippen LogP contribution in [0.4, 0.5) is 0 Å². The van der Waals surface area contributed by atoms with Crippen molar-refractivity contribution in [3.63, 3.8) is 0 Å². The van der Waals surface area contributed by atoms with Crippen LogP contribution < -0.4 is 0 Å². The molecule has 1 aliphatic heterocycles. The minimum Gasteiger partial charge on any atom is -0.450 e. The first-order valence-electron chi connectivity index (χ1n) is 4.45. The molecule has 1 fully saturated rings. The highest BCUT2D eigenvalue weighted by molar-refractivity contribution is 5.98. The molecule has 0 aromatic heterocycles. The van der Waals surface area contributed by atoms with Crippen molar-refractivity contribution >= 4 is 17.9 Å². The van der Waals surface area contributed by atoms with E-state index in [1.165, 1.54) is 13.8 Å². The van der Waals surface area contributed by atoms with Gasteiger partial charge in [-0.25, -0.2) is 4.79 Å². The first kappa shape index (κ1) is 12.6. The van der Waals surface area contributed by atoms with Gasteiger partial charge < -0.3 is 9.47 Å². The van der Waals surface area contributed by atoms with Gasteiger partial charge in [-0.2, -0.15) is 0 Å². The predicted molar refractivity (Wildman–Crippen MR) is 47.2 cm³/mol. The SMILES string of the molecule is CC.CC(=O)O[C@H]1C(=O)OC(=O)[C@@H]1C. The Hall–Kier alpha value is -1.39. The maximum absolute atomic E-state index is 10.8. The van der Waals surface area contributed by atoms with Crippen LogP contribution in [0.2, 0.25) is 0 Å². The Morgan fingerprint density at radius 2 is 1.79 bits per heavy atom. The molecule has 1 aliphatic rings. The molecular weight excluding hydrogens is 188 g/mol. The van der Waals surface area contributed by atoms with Crippen molar-refractivity contribution in [2.75, 3.05) is 0 Å². The van der Waals surface area contributed by atoms with E-state index in [-0.39, 0.29) is 0 Å². The van der Waals surface area contributed by atoms with Crippen LogP contribution in [0.3, 0.4) is 0 Å². The Bertz CT molecular complexity index is 246. The molecule has 0 aromatic rings. The smallest absolute Gasteiger partial charge is 0.356 e. The van der Waals surface area contributed by atoms with E-state index >= 15 is 0 Å². The van der Waals surface area contributed by atoms with Gasteiger partial charge in [0.25, 0.3) is 0 Å². The fourth-order valence-electron chi connectivity index (χ4n) is 0.907. The lowest BCUT2D eigenvalue weighted by atomic mass is 10.1. The molecule has 1 saturated heterocycles. The van der Waals surface area contributed by atoms with Crippen molar-refractivity contribution in [2.45, 2.75) is 33.8 Å². The molecule has 0 aliphatic carbocycles. The van der Waals surface area contributed by atoms with Gasteiger partial charge in [0, 0.05) is 6.92 Å². The summed E-state index contributed by atoms with van der Waals surface area (Å²) in [6, 6.07) is 0. The number of cyclic esters (lactones) is 2. The van der Waals surface area contributed by atoms with Gasteiger partial charge in [0.2, 0.25) is 6.10 Å². The zero-order chi connectivity index (χ0) is 11.3. The Kier molecular flexibility index (Phi) is 4.83. The molecule has 80 valence electrons. The fourth-order valence-corrected chi connectivity index (χ4v) is 0.907. The van der Waals surface area contributed by atoms with E-state index in [4.69, 9.17) is 0 Å². The van der Waals surface area contributed by atoms with Crippen LogP contribution >= 0.6 is 0 Å². The largest absolute Gasteiger partial charge is 0.450 e. The molecule has 5 nitrogen and oxygen atoms in total. The third-order valence-electron chi connectivity index (χ3n) is 1.55. The van der Waals surface area contributed by atoms with Gasteiger partial charge >= 0.3 is 17.9 Å². The molecule has 1 rings (SSSR count). The molecule has 0 saturated carbocycles. The summed E-state index contributed by atoms with van der Waals surface area (Å²) in [5.74, 6) is -2.73. The Morgan fingerprint density at radius 1 is 1.29 bits per heavy atom. The number of carbonyl (C=O) groups is 3. The van der Waals surface area contributed by atoms with Gasteiger partial charge in [-0.3, -0.25) is 9.59 Å². The number of carbonyl (C=O) groups excluding carboxylic acids is 3. The quantitative estimate of drug-likeness (QED) is 0.461. The lowest BCUT2D eigenvalue weighted by Gasteiger charge is -2.07. The summed E-state index contributed by atoms with van der Waals surface area (Å²) in [7, 11) is 0. The van der Waals surface area contributed by atoms with E-state index in [1.54, 1.807) is 0 Å². The molecule has 0 radical (unpaired) electrons. The van der Waals surface area contributed by atoms with Gasteiger partial charge in [-0.1, -0.05) is 13.8 Å². The minimum absolute atomic E-state index is 0.599. The average Bonchev–Trinajstić information content (AvgIpc) is 2.35. The van der Waals surface area contributed by atoms with E-state index in [1.807, 2.05) is 13.8 Å². The summed E-state index contributed by atoms with van der Waals surface area (Å²) in [6.07, 6.45) is -1.06. The summed E-state index contributed by atoms with van der Waals surface area (Å²) < 4.78 is 8.80. The van der Waals surface area contributed by atoms with Gasteiger partial charge in [-0.15, -0.1) is 0 Å². The second-order valence-corrected chi connectivity index (χ2v) is 2.56. The van der Waals surface area contributed by atoms with E-state index < -0.39 is 29.9 Å². The van der Waals surface area contributed by atoms with Gasteiger partial charge in [0.15, 0.2) is 0 Å². The topological polar surface area (TPSA) is 69.7 Å². The zero-order valence-electron chi connectivity index (χ0n) is 8.70. The minimum atomic E-state index is -1.06. The summed E-state index contributed by atoms with van der Waals surface area (Å²) in [4.78, 5) is 32.0. The molecule has 5 heteroatoms. The normalized spacial score (nSPS) is 24.9. The maximum Gasteiger partial charge on any atom is 0.356 e. The molecule has 0 spiro atoms. The third-order valence-corrected chi connectivity index (χ3v) is 1.55. The van der Waals surface area contributed by atoms with E-state index in [9.17, 15) is 14.4 Å². The lowest BCUT2D eigenvalue weighted by Crippen LogP contribution is -2.27. The summed E-state index contributed by atoms with van der Waals surface area (Å²) in [5.41, 5.74) is 0. The monoisotopic (exact) mass is 202 g/mol. The van der Waals surface area contributed by atoms with Crippen LogP contribution in [0.5, 0.6) is 0 Å². The highest BCUT2D eigenvalue weighted by Gasteiger charge is 2.43. The molecule has 14 heavy (non-hydrogen) atoms. The number of rotatable bonds is 1. The van der Waals surface area contributed by atoms with Crippen LogP contribution in [0.25, 0.3) is 0 Å². The van der Waals surface area contributed by atoms with Gasteiger partial charge in [0.1, 0.15) is 5.92 Å². The Labute approximate surface area is 82.4 Å².